The molecule has 0 radical (unpaired) electrons. The number of nitrogens with one attached hydrogen (secondary N) is 2. The Kier molecular flexibility index (Phi) is 6.94. The quantitative estimate of drug-likeness (QED) is 0.517. The van der Waals surface area contributed by atoms with E-state index in [1.54, 1.807) is 12.1 Å². The van der Waals surface area contributed by atoms with Gasteiger partial charge in [-0.05, 0) is 42.3 Å². The van der Waals surface area contributed by atoms with Crippen LogP contribution in [0.15, 0.2) is 41.4 Å². The standard InChI is InChI=1S/C20H23F2N3O4/c1-3-23-20(24-10-13-5-7-16-17(8-13)28-12-27-16)25-11-14-4-6-15(26-2)18(9-14)29-19(21)22/h4-9,19H,3,10-12H2,1-2H3,(H2,23,24,25). The number of nitrogens with zero attached hydrogens (tertiary/aromatic N) is 1. The molecule has 0 unspecified atom stereocenters. The monoisotopic (exact) mass is 407 g/mol. The van der Waals surface area contributed by atoms with Gasteiger partial charge in [0.1, 0.15) is 0 Å². The molecule has 156 valence electrons. The molecule has 7 nitrogen and oxygen atoms in total. The molecule has 2 N–H and O–H groups in total. The van der Waals surface area contributed by atoms with Crippen molar-refractivity contribution in [1.82, 2.24) is 10.6 Å². The normalized spacial score (nSPS) is 12.8. The summed E-state index contributed by atoms with van der Waals surface area (Å²) in [7, 11) is 1.40. The molecule has 1 aliphatic rings. The lowest BCUT2D eigenvalue weighted by atomic mass is 10.2. The Morgan fingerprint density at radius 1 is 1.07 bits per heavy atom. The minimum atomic E-state index is -2.93. The molecule has 1 aliphatic heterocycles. The Morgan fingerprint density at radius 2 is 1.86 bits per heavy atom. The smallest absolute Gasteiger partial charge is 0.387 e. The lowest BCUT2D eigenvalue weighted by Gasteiger charge is -2.13. The molecule has 29 heavy (non-hydrogen) atoms. The highest BCUT2D eigenvalue weighted by molar-refractivity contribution is 5.79. The van der Waals surface area contributed by atoms with Gasteiger partial charge in [0, 0.05) is 13.1 Å². The highest BCUT2D eigenvalue weighted by atomic mass is 19.3. The zero-order chi connectivity index (χ0) is 20.6. The molecule has 0 saturated carbocycles. The van der Waals surface area contributed by atoms with Crippen LogP contribution < -0.4 is 29.6 Å². The molecule has 3 rings (SSSR count). The van der Waals surface area contributed by atoms with E-state index in [9.17, 15) is 8.78 Å². The third-order valence-electron chi connectivity index (χ3n) is 4.10. The van der Waals surface area contributed by atoms with Gasteiger partial charge >= 0.3 is 6.61 Å². The largest absolute Gasteiger partial charge is 0.493 e. The van der Waals surface area contributed by atoms with E-state index in [-0.39, 0.29) is 24.8 Å². The number of rotatable bonds is 8. The third-order valence-corrected chi connectivity index (χ3v) is 4.10. The summed E-state index contributed by atoms with van der Waals surface area (Å²) in [5.74, 6) is 2.27. The number of alkyl halides is 2. The highest BCUT2D eigenvalue weighted by Gasteiger charge is 2.13. The number of guanidine groups is 1. The molecular formula is C20H23F2N3O4. The van der Waals surface area contributed by atoms with Gasteiger partial charge in [-0.1, -0.05) is 12.1 Å². The number of aliphatic imine (C=N–C) groups is 1. The molecular weight excluding hydrogens is 384 g/mol. The van der Waals surface area contributed by atoms with Crippen LogP contribution in [0.2, 0.25) is 0 Å². The zero-order valence-corrected chi connectivity index (χ0v) is 16.2. The highest BCUT2D eigenvalue weighted by Crippen LogP contribution is 2.32. The maximum absolute atomic E-state index is 12.6. The predicted octanol–water partition coefficient (Wildman–Crippen LogP) is 3.28. The first-order chi connectivity index (χ1) is 14.1. The molecule has 0 atom stereocenters. The number of ether oxygens (including phenoxy) is 4. The van der Waals surface area contributed by atoms with Crippen LogP contribution in [0.5, 0.6) is 23.0 Å². The number of methoxy groups -OCH3 is 1. The van der Waals surface area contributed by atoms with Crippen molar-refractivity contribution in [2.45, 2.75) is 26.6 Å². The topological polar surface area (TPSA) is 73.3 Å². The maximum Gasteiger partial charge on any atom is 0.387 e. The van der Waals surface area contributed by atoms with Crippen molar-refractivity contribution in [2.75, 3.05) is 20.4 Å². The fraction of sp³-hybridized carbons (Fsp3) is 0.350. The minimum Gasteiger partial charge on any atom is -0.493 e. The minimum absolute atomic E-state index is 0.0199. The SMILES string of the molecule is CCNC(=NCc1ccc(OC)c(OC(F)F)c1)NCc1ccc2c(c1)OCO2. The van der Waals surface area contributed by atoms with Gasteiger partial charge in [0.15, 0.2) is 29.0 Å². The third kappa shape index (κ3) is 5.63. The van der Waals surface area contributed by atoms with Gasteiger partial charge in [-0.25, -0.2) is 4.99 Å². The summed E-state index contributed by atoms with van der Waals surface area (Å²) < 4.78 is 45.4. The van der Waals surface area contributed by atoms with E-state index in [4.69, 9.17) is 14.2 Å². The van der Waals surface area contributed by atoms with Gasteiger partial charge in [-0.15, -0.1) is 0 Å². The van der Waals surface area contributed by atoms with Gasteiger partial charge < -0.3 is 29.6 Å². The van der Waals surface area contributed by atoms with E-state index < -0.39 is 6.61 Å². The van der Waals surface area contributed by atoms with Crippen molar-refractivity contribution in [1.29, 1.82) is 0 Å². The average Bonchev–Trinajstić information content (AvgIpc) is 3.17. The number of fused-ring (bicyclic) bond motifs is 1. The summed E-state index contributed by atoms with van der Waals surface area (Å²) >= 11 is 0. The van der Waals surface area contributed by atoms with Crippen molar-refractivity contribution in [2.24, 2.45) is 4.99 Å². The fourth-order valence-corrected chi connectivity index (χ4v) is 2.76. The van der Waals surface area contributed by atoms with Crippen LogP contribution in [0.4, 0.5) is 8.78 Å². The maximum atomic E-state index is 12.6. The van der Waals surface area contributed by atoms with E-state index in [2.05, 4.69) is 20.4 Å². The number of hydrogen-bond donors (Lipinski definition) is 2. The van der Waals surface area contributed by atoms with Crippen molar-refractivity contribution < 1.29 is 27.7 Å². The average molecular weight is 407 g/mol. The summed E-state index contributed by atoms with van der Waals surface area (Å²) in [5, 5.41) is 6.39. The van der Waals surface area contributed by atoms with E-state index in [1.807, 2.05) is 25.1 Å². The second kappa shape index (κ2) is 9.81. The van der Waals surface area contributed by atoms with Crippen LogP contribution in [0.1, 0.15) is 18.1 Å². The van der Waals surface area contributed by atoms with Gasteiger partial charge in [0.25, 0.3) is 0 Å². The summed E-state index contributed by atoms with van der Waals surface area (Å²) in [6.45, 7) is 0.749. The zero-order valence-electron chi connectivity index (χ0n) is 16.2. The van der Waals surface area contributed by atoms with Gasteiger partial charge in [-0.2, -0.15) is 8.78 Å². The molecule has 0 saturated heterocycles. The van der Waals surface area contributed by atoms with Crippen LogP contribution in [0.3, 0.4) is 0 Å². The van der Waals surface area contributed by atoms with E-state index in [0.717, 1.165) is 17.1 Å². The van der Waals surface area contributed by atoms with Crippen molar-refractivity contribution >= 4 is 5.96 Å². The summed E-state index contributed by atoms with van der Waals surface area (Å²) in [5.41, 5.74) is 1.72. The lowest BCUT2D eigenvalue weighted by Crippen LogP contribution is -2.36. The Morgan fingerprint density at radius 3 is 2.62 bits per heavy atom. The summed E-state index contributed by atoms with van der Waals surface area (Å²) in [6.07, 6.45) is 0. The Hall–Kier alpha value is -3.23. The van der Waals surface area contributed by atoms with Crippen LogP contribution in [-0.4, -0.2) is 33.0 Å². The van der Waals surface area contributed by atoms with E-state index >= 15 is 0 Å². The van der Waals surface area contributed by atoms with Crippen molar-refractivity contribution in [3.63, 3.8) is 0 Å². The second-order valence-corrected chi connectivity index (χ2v) is 6.10. The second-order valence-electron chi connectivity index (χ2n) is 6.10. The van der Waals surface area contributed by atoms with Crippen molar-refractivity contribution in [3.05, 3.63) is 47.5 Å². The molecule has 0 spiro atoms. The Balaban J connectivity index is 1.65. The first kappa shape index (κ1) is 20.5. The van der Waals surface area contributed by atoms with E-state index in [0.29, 0.717) is 24.6 Å². The van der Waals surface area contributed by atoms with Gasteiger partial charge in [0.05, 0.1) is 13.7 Å². The van der Waals surface area contributed by atoms with Crippen LogP contribution in [0, 0.1) is 0 Å². The van der Waals surface area contributed by atoms with Gasteiger partial charge in [0.2, 0.25) is 6.79 Å². The summed E-state index contributed by atoms with van der Waals surface area (Å²) in [4.78, 5) is 4.50. The molecule has 2 aromatic rings. The molecule has 1 heterocycles. The van der Waals surface area contributed by atoms with Crippen molar-refractivity contribution in [3.8, 4) is 23.0 Å². The Bertz CT molecular complexity index is 862. The summed E-state index contributed by atoms with van der Waals surface area (Å²) in [6, 6.07) is 10.6. The number of halogens is 2. The number of hydrogen-bond acceptors (Lipinski definition) is 5. The molecule has 0 aliphatic carbocycles. The fourth-order valence-electron chi connectivity index (χ4n) is 2.76. The molecule has 0 bridgehead atoms. The Labute approximate surface area is 167 Å². The molecule has 0 aromatic heterocycles. The first-order valence-electron chi connectivity index (χ1n) is 9.11. The predicted molar refractivity (Wildman–Crippen MR) is 104 cm³/mol. The van der Waals surface area contributed by atoms with Crippen LogP contribution in [-0.2, 0) is 13.1 Å². The first-order valence-corrected chi connectivity index (χ1v) is 9.11. The lowest BCUT2D eigenvalue weighted by molar-refractivity contribution is -0.0512. The number of benzene rings is 2. The molecule has 2 aromatic carbocycles. The van der Waals surface area contributed by atoms with E-state index in [1.165, 1.54) is 13.2 Å². The molecule has 9 heteroatoms. The molecule has 0 fully saturated rings. The van der Waals surface area contributed by atoms with Crippen LogP contribution >= 0.6 is 0 Å². The van der Waals surface area contributed by atoms with Gasteiger partial charge in [-0.3, -0.25) is 0 Å². The molecule has 0 amide bonds. The van der Waals surface area contributed by atoms with Crippen LogP contribution in [0.25, 0.3) is 0 Å².